The summed E-state index contributed by atoms with van der Waals surface area (Å²) in [5, 5.41) is 14.9. The quantitative estimate of drug-likeness (QED) is 0.882. The number of fused-ring (bicyclic) bond motifs is 1. The first-order valence-corrected chi connectivity index (χ1v) is 8.72. The summed E-state index contributed by atoms with van der Waals surface area (Å²) in [5.41, 5.74) is 3.19. The van der Waals surface area contributed by atoms with E-state index in [0.29, 0.717) is 19.1 Å². The number of benzene rings is 1. The molecule has 0 saturated heterocycles. The fourth-order valence-corrected chi connectivity index (χ4v) is 3.74. The Kier molecular flexibility index (Phi) is 5.02. The second-order valence-electron chi connectivity index (χ2n) is 6.88. The Morgan fingerprint density at radius 3 is 2.74 bits per heavy atom. The summed E-state index contributed by atoms with van der Waals surface area (Å²) in [6, 6.07) is 5.44. The molecule has 2 aromatic rings. The van der Waals surface area contributed by atoms with Crippen molar-refractivity contribution in [2.45, 2.75) is 64.6 Å². The molecule has 23 heavy (non-hydrogen) atoms. The zero-order valence-electron chi connectivity index (χ0n) is 14.1. The lowest BCUT2D eigenvalue weighted by Gasteiger charge is -2.24. The topological polar surface area (TPSA) is 37.2 Å². The van der Waals surface area contributed by atoms with Gasteiger partial charge in [-0.25, -0.2) is 4.39 Å². The van der Waals surface area contributed by atoms with Crippen LogP contribution in [0.4, 0.5) is 4.39 Å². The molecule has 1 saturated carbocycles. The number of aliphatic hydroxyl groups excluding tert-OH is 1. The number of aliphatic hydroxyl groups is 1. The molecule has 2 N–H and O–H groups in total. The fourth-order valence-electron chi connectivity index (χ4n) is 3.74. The predicted molar refractivity (Wildman–Crippen MR) is 92.3 cm³/mol. The minimum atomic E-state index is -0.435. The fraction of sp³-hybridized carbons (Fsp3) is 0.579. The molecule has 0 bridgehead atoms. The van der Waals surface area contributed by atoms with Crippen LogP contribution < -0.4 is 5.32 Å². The van der Waals surface area contributed by atoms with Gasteiger partial charge in [-0.1, -0.05) is 19.3 Å². The van der Waals surface area contributed by atoms with E-state index < -0.39 is 6.10 Å². The number of nitrogens with zero attached hydrogens (tertiary/aromatic N) is 1. The molecule has 126 valence electrons. The molecule has 1 aliphatic rings. The highest BCUT2D eigenvalue weighted by Crippen LogP contribution is 2.26. The highest BCUT2D eigenvalue weighted by Gasteiger charge is 2.17. The maximum Gasteiger partial charge on any atom is 0.123 e. The van der Waals surface area contributed by atoms with Crippen LogP contribution in [-0.2, 0) is 6.54 Å². The van der Waals surface area contributed by atoms with E-state index in [-0.39, 0.29) is 5.82 Å². The van der Waals surface area contributed by atoms with Gasteiger partial charge in [0.2, 0.25) is 0 Å². The summed E-state index contributed by atoms with van der Waals surface area (Å²) in [4.78, 5) is 0. The van der Waals surface area contributed by atoms with Crippen LogP contribution >= 0.6 is 0 Å². The van der Waals surface area contributed by atoms with Crippen molar-refractivity contribution in [2.75, 3.05) is 6.54 Å². The number of hydrogen-bond donors (Lipinski definition) is 2. The predicted octanol–water partition coefficient (Wildman–Crippen LogP) is 3.68. The van der Waals surface area contributed by atoms with Crippen molar-refractivity contribution in [3.8, 4) is 0 Å². The van der Waals surface area contributed by atoms with Crippen LogP contribution in [0.1, 0.15) is 43.4 Å². The number of nitrogens with one attached hydrogen (secondary N) is 1. The molecule has 4 heteroatoms. The van der Waals surface area contributed by atoms with E-state index in [1.165, 1.54) is 38.2 Å². The molecular weight excluding hydrogens is 291 g/mol. The van der Waals surface area contributed by atoms with Gasteiger partial charge in [0, 0.05) is 29.2 Å². The van der Waals surface area contributed by atoms with E-state index in [4.69, 9.17) is 0 Å². The molecule has 1 fully saturated rings. The highest BCUT2D eigenvalue weighted by molar-refractivity contribution is 5.85. The monoisotopic (exact) mass is 318 g/mol. The standard InChI is InChI=1S/C19H27FN2O/c1-13-14(2)22(19-9-8-15(20)10-18(13)19)12-17(23)11-21-16-6-4-3-5-7-16/h8-10,16-17,21,23H,3-7,11-12H2,1-2H3. The first kappa shape index (κ1) is 16.5. The van der Waals surface area contributed by atoms with Crippen LogP contribution in [0.15, 0.2) is 18.2 Å². The van der Waals surface area contributed by atoms with Crippen LogP contribution in [0.2, 0.25) is 0 Å². The van der Waals surface area contributed by atoms with Crippen molar-refractivity contribution in [1.29, 1.82) is 0 Å². The smallest absolute Gasteiger partial charge is 0.123 e. The normalized spacial score (nSPS) is 17.7. The van der Waals surface area contributed by atoms with Crippen molar-refractivity contribution in [1.82, 2.24) is 9.88 Å². The largest absolute Gasteiger partial charge is 0.390 e. The van der Waals surface area contributed by atoms with E-state index in [1.807, 2.05) is 19.9 Å². The lowest BCUT2D eigenvalue weighted by Crippen LogP contribution is -2.38. The average molecular weight is 318 g/mol. The molecule has 0 amide bonds. The van der Waals surface area contributed by atoms with Gasteiger partial charge in [0.1, 0.15) is 5.82 Å². The molecule has 1 atom stereocenters. The molecule has 1 heterocycles. The van der Waals surface area contributed by atoms with E-state index >= 15 is 0 Å². The number of halogens is 1. The van der Waals surface area contributed by atoms with Gasteiger partial charge in [-0.05, 0) is 50.5 Å². The molecule has 1 aromatic heterocycles. The summed E-state index contributed by atoms with van der Waals surface area (Å²) in [5.74, 6) is -0.211. The first-order valence-electron chi connectivity index (χ1n) is 8.72. The molecule has 1 aliphatic carbocycles. The van der Waals surface area contributed by atoms with Gasteiger partial charge in [0.15, 0.2) is 0 Å². The Labute approximate surface area is 137 Å². The minimum Gasteiger partial charge on any atom is -0.390 e. The molecule has 1 unspecified atom stereocenters. The van der Waals surface area contributed by atoms with Gasteiger partial charge < -0.3 is 15.0 Å². The number of aryl methyl sites for hydroxylation is 1. The zero-order valence-corrected chi connectivity index (χ0v) is 14.1. The van der Waals surface area contributed by atoms with Gasteiger partial charge in [0.05, 0.1) is 12.6 Å². The molecule has 3 nitrogen and oxygen atoms in total. The Hall–Kier alpha value is -1.39. The van der Waals surface area contributed by atoms with Crippen molar-refractivity contribution in [3.05, 3.63) is 35.3 Å². The summed E-state index contributed by atoms with van der Waals surface area (Å²) in [6.45, 7) is 5.21. The summed E-state index contributed by atoms with van der Waals surface area (Å²) in [6.07, 6.45) is 5.92. The third-order valence-electron chi connectivity index (χ3n) is 5.24. The van der Waals surface area contributed by atoms with Gasteiger partial charge in [-0.15, -0.1) is 0 Å². The van der Waals surface area contributed by atoms with Crippen molar-refractivity contribution < 1.29 is 9.50 Å². The van der Waals surface area contributed by atoms with E-state index in [2.05, 4.69) is 9.88 Å². The second-order valence-corrected chi connectivity index (χ2v) is 6.88. The van der Waals surface area contributed by atoms with Gasteiger partial charge >= 0.3 is 0 Å². The number of hydrogen-bond acceptors (Lipinski definition) is 2. The van der Waals surface area contributed by atoms with Crippen molar-refractivity contribution >= 4 is 10.9 Å². The Morgan fingerprint density at radius 1 is 1.26 bits per heavy atom. The van der Waals surface area contributed by atoms with Crippen molar-refractivity contribution in [2.24, 2.45) is 0 Å². The Morgan fingerprint density at radius 2 is 2.00 bits per heavy atom. The maximum atomic E-state index is 13.5. The highest BCUT2D eigenvalue weighted by atomic mass is 19.1. The second kappa shape index (κ2) is 7.02. The Bertz CT molecular complexity index is 674. The number of aromatic nitrogens is 1. The van der Waals surface area contributed by atoms with Crippen LogP contribution in [0.25, 0.3) is 10.9 Å². The lowest BCUT2D eigenvalue weighted by atomic mass is 9.95. The number of rotatable bonds is 5. The summed E-state index contributed by atoms with van der Waals surface area (Å²) in [7, 11) is 0. The molecule has 0 spiro atoms. The van der Waals surface area contributed by atoms with Crippen LogP contribution in [0.5, 0.6) is 0 Å². The average Bonchev–Trinajstić information content (AvgIpc) is 2.79. The lowest BCUT2D eigenvalue weighted by molar-refractivity contribution is 0.145. The summed E-state index contributed by atoms with van der Waals surface area (Å²) >= 11 is 0. The van der Waals surface area contributed by atoms with Crippen molar-refractivity contribution in [3.63, 3.8) is 0 Å². The SMILES string of the molecule is Cc1c(C)n(CC(O)CNC2CCCCC2)c2ccc(F)cc12. The third kappa shape index (κ3) is 3.59. The van der Waals surface area contributed by atoms with Crippen LogP contribution in [0, 0.1) is 19.7 Å². The summed E-state index contributed by atoms with van der Waals surface area (Å²) < 4.78 is 15.6. The minimum absolute atomic E-state index is 0.211. The first-order chi connectivity index (χ1) is 11.1. The Balaban J connectivity index is 1.69. The zero-order chi connectivity index (χ0) is 16.4. The van der Waals surface area contributed by atoms with Gasteiger partial charge in [0.25, 0.3) is 0 Å². The van der Waals surface area contributed by atoms with Crippen LogP contribution in [0.3, 0.4) is 0 Å². The molecule has 3 rings (SSSR count). The van der Waals surface area contributed by atoms with Crippen LogP contribution in [-0.4, -0.2) is 28.4 Å². The third-order valence-corrected chi connectivity index (χ3v) is 5.24. The molecule has 0 radical (unpaired) electrons. The maximum absolute atomic E-state index is 13.5. The molecule has 1 aromatic carbocycles. The molecule has 0 aliphatic heterocycles. The van der Waals surface area contributed by atoms with E-state index in [1.54, 1.807) is 6.07 Å². The van der Waals surface area contributed by atoms with E-state index in [0.717, 1.165) is 22.2 Å². The van der Waals surface area contributed by atoms with Gasteiger partial charge in [-0.3, -0.25) is 0 Å². The van der Waals surface area contributed by atoms with E-state index in [9.17, 15) is 9.50 Å². The molecular formula is C19H27FN2O. The van der Waals surface area contributed by atoms with Gasteiger partial charge in [-0.2, -0.15) is 0 Å².